The second-order valence-electron chi connectivity index (χ2n) is 4.54. The van der Waals surface area contributed by atoms with Gasteiger partial charge in [0.25, 0.3) is 0 Å². The van der Waals surface area contributed by atoms with Crippen molar-refractivity contribution in [2.75, 3.05) is 0 Å². The molecule has 2 nitrogen and oxygen atoms in total. The zero-order valence-electron chi connectivity index (χ0n) is 11.0. The Kier molecular flexibility index (Phi) is 4.18. The Hall–Kier alpha value is -2.08. The second-order valence-corrected chi connectivity index (χ2v) is 4.54. The van der Waals surface area contributed by atoms with Crippen LogP contribution in [0.3, 0.4) is 0 Å². The molecule has 6 heteroatoms. The molecular formula is C15H12F4O2. The van der Waals surface area contributed by atoms with Crippen LogP contribution in [0.1, 0.15) is 22.8 Å². The van der Waals surface area contributed by atoms with Crippen molar-refractivity contribution >= 4 is 0 Å². The molecule has 1 unspecified atom stereocenters. The number of ether oxygens (including phenoxy) is 1. The molecule has 2 rings (SSSR count). The fourth-order valence-corrected chi connectivity index (χ4v) is 1.90. The maximum Gasteiger partial charge on any atom is 0.573 e. The summed E-state index contributed by atoms with van der Waals surface area (Å²) in [5.41, 5.74) is 1.11. The first-order valence-electron chi connectivity index (χ1n) is 6.06. The predicted molar refractivity (Wildman–Crippen MR) is 68.3 cm³/mol. The molecule has 0 aliphatic rings. The van der Waals surface area contributed by atoms with Crippen LogP contribution in [0.4, 0.5) is 17.6 Å². The Morgan fingerprint density at radius 1 is 1.05 bits per heavy atom. The molecule has 21 heavy (non-hydrogen) atoms. The van der Waals surface area contributed by atoms with Gasteiger partial charge in [-0.15, -0.1) is 13.2 Å². The SMILES string of the molecule is Cc1ccc(F)c(C(O)c2ccc(OC(F)(F)F)cc2)c1. The summed E-state index contributed by atoms with van der Waals surface area (Å²) in [5, 5.41) is 10.1. The number of aliphatic hydroxyl groups excluding tert-OH is 1. The van der Waals surface area contributed by atoms with Gasteiger partial charge in [-0.3, -0.25) is 0 Å². The smallest absolute Gasteiger partial charge is 0.406 e. The lowest BCUT2D eigenvalue weighted by atomic mass is 9.99. The lowest BCUT2D eigenvalue weighted by Crippen LogP contribution is -2.17. The molecule has 0 saturated carbocycles. The molecule has 0 aliphatic heterocycles. The van der Waals surface area contributed by atoms with Crippen molar-refractivity contribution < 1.29 is 27.4 Å². The molecule has 0 aromatic heterocycles. The minimum atomic E-state index is -4.78. The van der Waals surface area contributed by atoms with Gasteiger partial charge in [0.05, 0.1) is 0 Å². The van der Waals surface area contributed by atoms with Gasteiger partial charge in [-0.2, -0.15) is 0 Å². The van der Waals surface area contributed by atoms with Gasteiger partial charge in [0.2, 0.25) is 0 Å². The Bertz CT molecular complexity index is 621. The third kappa shape index (κ3) is 3.95. The quantitative estimate of drug-likeness (QED) is 0.864. The van der Waals surface area contributed by atoms with E-state index in [2.05, 4.69) is 4.74 Å². The highest BCUT2D eigenvalue weighted by Crippen LogP contribution is 2.28. The van der Waals surface area contributed by atoms with E-state index in [9.17, 15) is 22.7 Å². The van der Waals surface area contributed by atoms with Crippen LogP contribution in [0.2, 0.25) is 0 Å². The zero-order chi connectivity index (χ0) is 15.6. The molecule has 2 aromatic carbocycles. The first kappa shape index (κ1) is 15.3. The number of benzene rings is 2. The molecule has 0 saturated heterocycles. The predicted octanol–water partition coefficient (Wildman–Crippen LogP) is 4.11. The number of halogens is 4. The van der Waals surface area contributed by atoms with E-state index in [1.807, 2.05) is 0 Å². The van der Waals surface area contributed by atoms with Gasteiger partial charge in [0, 0.05) is 5.56 Å². The van der Waals surface area contributed by atoms with Crippen LogP contribution in [0.5, 0.6) is 5.75 Å². The lowest BCUT2D eigenvalue weighted by Gasteiger charge is -2.14. The molecule has 112 valence electrons. The minimum Gasteiger partial charge on any atom is -0.406 e. The van der Waals surface area contributed by atoms with Crippen LogP contribution in [0.15, 0.2) is 42.5 Å². The first-order valence-corrected chi connectivity index (χ1v) is 6.06. The normalized spacial score (nSPS) is 13.0. The summed E-state index contributed by atoms with van der Waals surface area (Å²) in [6.45, 7) is 1.75. The van der Waals surface area contributed by atoms with E-state index < -0.39 is 24.0 Å². The lowest BCUT2D eigenvalue weighted by molar-refractivity contribution is -0.274. The molecule has 0 fully saturated rings. The summed E-state index contributed by atoms with van der Waals surface area (Å²) in [6, 6.07) is 8.93. The van der Waals surface area contributed by atoms with Crippen molar-refractivity contribution in [2.24, 2.45) is 0 Å². The number of rotatable bonds is 3. The summed E-state index contributed by atoms with van der Waals surface area (Å²) in [5.74, 6) is -0.980. The van der Waals surface area contributed by atoms with E-state index in [4.69, 9.17) is 0 Å². The van der Waals surface area contributed by atoms with Crippen LogP contribution < -0.4 is 4.74 Å². The number of hydrogen-bond donors (Lipinski definition) is 1. The standard InChI is InChI=1S/C15H12F4O2/c1-9-2-7-13(16)12(8-9)14(20)10-3-5-11(6-4-10)21-15(17,18)19/h2-8,14,20H,1H3. The highest BCUT2D eigenvalue weighted by molar-refractivity contribution is 5.36. The Labute approximate surface area is 118 Å². The van der Waals surface area contributed by atoms with Gasteiger partial charge >= 0.3 is 6.36 Å². The van der Waals surface area contributed by atoms with E-state index in [1.54, 1.807) is 13.0 Å². The Morgan fingerprint density at radius 2 is 1.67 bits per heavy atom. The van der Waals surface area contributed by atoms with Crippen LogP contribution in [-0.4, -0.2) is 11.5 Å². The number of alkyl halides is 3. The average molecular weight is 300 g/mol. The Balaban J connectivity index is 2.24. The summed E-state index contributed by atoms with van der Waals surface area (Å²) >= 11 is 0. The molecular weight excluding hydrogens is 288 g/mol. The molecule has 1 atom stereocenters. The summed E-state index contributed by atoms with van der Waals surface area (Å²) < 4.78 is 53.5. The zero-order valence-corrected chi connectivity index (χ0v) is 11.0. The van der Waals surface area contributed by atoms with E-state index in [1.165, 1.54) is 24.3 Å². The van der Waals surface area contributed by atoms with Crippen molar-refractivity contribution in [1.29, 1.82) is 0 Å². The van der Waals surface area contributed by atoms with Crippen LogP contribution in [-0.2, 0) is 0 Å². The van der Waals surface area contributed by atoms with Crippen molar-refractivity contribution in [2.45, 2.75) is 19.4 Å². The van der Waals surface area contributed by atoms with Crippen molar-refractivity contribution in [1.82, 2.24) is 0 Å². The van der Waals surface area contributed by atoms with E-state index in [0.29, 0.717) is 0 Å². The monoisotopic (exact) mass is 300 g/mol. The second kappa shape index (κ2) is 5.73. The average Bonchev–Trinajstić information content (AvgIpc) is 2.40. The van der Waals surface area contributed by atoms with Crippen LogP contribution in [0, 0.1) is 12.7 Å². The largest absolute Gasteiger partial charge is 0.573 e. The van der Waals surface area contributed by atoms with E-state index in [0.717, 1.165) is 17.7 Å². The third-order valence-electron chi connectivity index (χ3n) is 2.88. The van der Waals surface area contributed by atoms with Gasteiger partial charge in [-0.25, -0.2) is 4.39 Å². The van der Waals surface area contributed by atoms with E-state index >= 15 is 0 Å². The van der Waals surface area contributed by atoms with Crippen molar-refractivity contribution in [3.05, 3.63) is 65.0 Å². The maximum absolute atomic E-state index is 13.7. The molecule has 0 heterocycles. The van der Waals surface area contributed by atoms with Gasteiger partial charge in [-0.1, -0.05) is 29.8 Å². The Morgan fingerprint density at radius 3 is 2.24 bits per heavy atom. The highest BCUT2D eigenvalue weighted by atomic mass is 19.4. The fraction of sp³-hybridized carbons (Fsp3) is 0.200. The van der Waals surface area contributed by atoms with Crippen molar-refractivity contribution in [3.8, 4) is 5.75 Å². The maximum atomic E-state index is 13.7. The van der Waals surface area contributed by atoms with Gasteiger partial charge < -0.3 is 9.84 Å². The summed E-state index contributed by atoms with van der Waals surface area (Å²) in [6.07, 6.45) is -6.03. The minimum absolute atomic E-state index is 0.0690. The molecule has 0 bridgehead atoms. The third-order valence-corrected chi connectivity index (χ3v) is 2.88. The molecule has 2 aromatic rings. The fourth-order valence-electron chi connectivity index (χ4n) is 1.90. The molecule has 0 aliphatic carbocycles. The first-order chi connectivity index (χ1) is 9.76. The summed E-state index contributed by atoms with van der Waals surface area (Å²) in [4.78, 5) is 0. The van der Waals surface area contributed by atoms with Crippen LogP contribution >= 0.6 is 0 Å². The van der Waals surface area contributed by atoms with E-state index in [-0.39, 0.29) is 11.1 Å². The summed E-state index contributed by atoms with van der Waals surface area (Å²) in [7, 11) is 0. The number of aliphatic hydroxyl groups is 1. The van der Waals surface area contributed by atoms with Gasteiger partial charge in [0.15, 0.2) is 0 Å². The highest BCUT2D eigenvalue weighted by Gasteiger charge is 2.31. The number of hydrogen-bond acceptors (Lipinski definition) is 2. The molecule has 0 amide bonds. The van der Waals surface area contributed by atoms with Crippen LogP contribution in [0.25, 0.3) is 0 Å². The molecule has 1 N–H and O–H groups in total. The molecule has 0 radical (unpaired) electrons. The van der Waals surface area contributed by atoms with Crippen molar-refractivity contribution in [3.63, 3.8) is 0 Å². The number of aryl methyl sites for hydroxylation is 1. The van der Waals surface area contributed by atoms with Gasteiger partial charge in [-0.05, 0) is 30.7 Å². The molecule has 0 spiro atoms. The topological polar surface area (TPSA) is 29.5 Å². The van der Waals surface area contributed by atoms with Gasteiger partial charge in [0.1, 0.15) is 17.7 Å².